The number of fused-ring (bicyclic) bond motifs is 1. The molecule has 2 heterocycles. The van der Waals surface area contributed by atoms with Crippen molar-refractivity contribution in [2.75, 3.05) is 31.6 Å². The SMILES string of the molecule is CCOC(=O)CCN(CC)C(=O)CCNc1ncnc2sc(C)c(-c3ccccc3)c12. The zero-order valence-corrected chi connectivity index (χ0v) is 19.0. The van der Waals surface area contributed by atoms with E-state index >= 15 is 0 Å². The van der Waals surface area contributed by atoms with E-state index in [1.165, 1.54) is 4.88 Å². The Labute approximate surface area is 186 Å². The Morgan fingerprint density at radius 3 is 2.61 bits per heavy atom. The number of thiophene rings is 1. The van der Waals surface area contributed by atoms with Gasteiger partial charge >= 0.3 is 5.97 Å². The summed E-state index contributed by atoms with van der Waals surface area (Å²) in [6.45, 7) is 7.49. The van der Waals surface area contributed by atoms with Gasteiger partial charge in [0, 0.05) is 36.5 Å². The highest BCUT2D eigenvalue weighted by Crippen LogP contribution is 2.40. The Bertz CT molecular complexity index is 1040. The molecule has 0 atom stereocenters. The molecule has 1 aromatic carbocycles. The van der Waals surface area contributed by atoms with E-state index < -0.39 is 0 Å². The maximum Gasteiger partial charge on any atom is 0.307 e. The molecule has 164 valence electrons. The van der Waals surface area contributed by atoms with Gasteiger partial charge in [0.2, 0.25) is 5.91 Å². The zero-order chi connectivity index (χ0) is 22.2. The van der Waals surface area contributed by atoms with Crippen LogP contribution in [0.25, 0.3) is 21.3 Å². The first kappa shape index (κ1) is 22.7. The average Bonchev–Trinajstić information content (AvgIpc) is 3.11. The molecule has 0 saturated carbocycles. The number of nitrogens with zero attached hydrogens (tertiary/aromatic N) is 3. The van der Waals surface area contributed by atoms with E-state index in [4.69, 9.17) is 4.74 Å². The molecule has 0 fully saturated rings. The fourth-order valence-corrected chi connectivity index (χ4v) is 4.51. The van der Waals surface area contributed by atoms with Gasteiger partial charge in [-0.15, -0.1) is 11.3 Å². The Hall–Kier alpha value is -3.00. The summed E-state index contributed by atoms with van der Waals surface area (Å²) in [4.78, 5) is 36.8. The van der Waals surface area contributed by atoms with Crippen molar-refractivity contribution in [1.29, 1.82) is 0 Å². The maximum absolute atomic E-state index is 12.6. The number of amides is 1. The molecule has 2 aromatic heterocycles. The quantitative estimate of drug-likeness (QED) is 0.474. The molecule has 3 rings (SSSR count). The van der Waals surface area contributed by atoms with E-state index in [1.54, 1.807) is 29.5 Å². The Morgan fingerprint density at radius 2 is 1.90 bits per heavy atom. The smallest absolute Gasteiger partial charge is 0.307 e. The number of rotatable bonds is 10. The number of esters is 1. The lowest BCUT2D eigenvalue weighted by atomic mass is 10.0. The number of nitrogens with one attached hydrogen (secondary N) is 1. The molecule has 0 bridgehead atoms. The van der Waals surface area contributed by atoms with Gasteiger partial charge in [-0.3, -0.25) is 9.59 Å². The van der Waals surface area contributed by atoms with Gasteiger partial charge in [-0.2, -0.15) is 0 Å². The molecule has 0 aliphatic heterocycles. The lowest BCUT2D eigenvalue weighted by Crippen LogP contribution is -2.34. The minimum absolute atomic E-state index is 0.00520. The predicted molar refractivity (Wildman–Crippen MR) is 124 cm³/mol. The molecule has 0 spiro atoms. The van der Waals surface area contributed by atoms with E-state index in [2.05, 4.69) is 34.3 Å². The molecule has 3 aromatic rings. The minimum atomic E-state index is -0.281. The molecule has 7 nitrogen and oxygen atoms in total. The van der Waals surface area contributed by atoms with Crippen LogP contribution in [0.1, 0.15) is 31.6 Å². The highest BCUT2D eigenvalue weighted by molar-refractivity contribution is 7.19. The highest BCUT2D eigenvalue weighted by Gasteiger charge is 2.18. The van der Waals surface area contributed by atoms with Crippen LogP contribution in [0.2, 0.25) is 0 Å². The summed E-state index contributed by atoms with van der Waals surface area (Å²) in [7, 11) is 0. The standard InChI is InChI=1S/C23H28N4O3S/c1-4-27(14-12-19(29)30-5-2)18(28)11-13-24-22-21-20(17-9-7-6-8-10-17)16(3)31-23(21)26-15-25-22/h6-10,15H,4-5,11-14H2,1-3H3,(H,24,25,26). The van der Waals surface area contributed by atoms with E-state index in [0.29, 0.717) is 32.7 Å². The van der Waals surface area contributed by atoms with Gasteiger partial charge in [0.15, 0.2) is 0 Å². The molecule has 8 heteroatoms. The lowest BCUT2D eigenvalue weighted by molar-refractivity contribution is -0.144. The van der Waals surface area contributed by atoms with Gasteiger partial charge in [0.25, 0.3) is 0 Å². The summed E-state index contributed by atoms with van der Waals surface area (Å²) in [6.07, 6.45) is 2.07. The third-order valence-electron chi connectivity index (χ3n) is 4.98. The van der Waals surface area contributed by atoms with Crippen LogP contribution in [-0.4, -0.2) is 53.0 Å². The number of carbonyl (C=O) groups is 2. The fourth-order valence-electron chi connectivity index (χ4n) is 3.50. The van der Waals surface area contributed by atoms with E-state index in [-0.39, 0.29) is 18.3 Å². The van der Waals surface area contributed by atoms with Crippen molar-refractivity contribution in [3.8, 4) is 11.1 Å². The summed E-state index contributed by atoms with van der Waals surface area (Å²) in [5, 5.41) is 4.31. The second-order valence-corrected chi connectivity index (χ2v) is 8.21. The van der Waals surface area contributed by atoms with Crippen molar-refractivity contribution in [3.05, 3.63) is 41.5 Å². The summed E-state index contributed by atoms with van der Waals surface area (Å²) in [5.74, 6) is 0.446. The second kappa shape index (κ2) is 10.9. The first-order valence-corrected chi connectivity index (χ1v) is 11.3. The monoisotopic (exact) mass is 440 g/mol. The van der Waals surface area contributed by atoms with Crippen LogP contribution < -0.4 is 5.32 Å². The number of aryl methyl sites for hydroxylation is 1. The van der Waals surface area contributed by atoms with Crippen molar-refractivity contribution >= 4 is 39.2 Å². The molecule has 31 heavy (non-hydrogen) atoms. The number of ether oxygens (including phenoxy) is 1. The summed E-state index contributed by atoms with van der Waals surface area (Å²) in [6, 6.07) is 10.2. The number of hydrogen-bond donors (Lipinski definition) is 1. The van der Waals surface area contributed by atoms with Crippen LogP contribution >= 0.6 is 11.3 Å². The molecule has 0 unspecified atom stereocenters. The Kier molecular flexibility index (Phi) is 7.94. The molecule has 0 aliphatic rings. The van der Waals surface area contributed by atoms with Gasteiger partial charge in [-0.25, -0.2) is 9.97 Å². The Morgan fingerprint density at radius 1 is 1.13 bits per heavy atom. The molecule has 0 aliphatic carbocycles. The van der Waals surface area contributed by atoms with Crippen molar-refractivity contribution < 1.29 is 14.3 Å². The summed E-state index contributed by atoms with van der Waals surface area (Å²) >= 11 is 1.64. The van der Waals surface area contributed by atoms with Gasteiger partial charge in [0.05, 0.1) is 18.4 Å². The maximum atomic E-state index is 12.6. The molecular formula is C23H28N4O3S. The Balaban J connectivity index is 1.69. The summed E-state index contributed by atoms with van der Waals surface area (Å²) < 4.78 is 4.94. The minimum Gasteiger partial charge on any atom is -0.466 e. The normalized spacial score (nSPS) is 10.8. The lowest BCUT2D eigenvalue weighted by Gasteiger charge is -2.20. The predicted octanol–water partition coefficient (Wildman–Crippen LogP) is 4.27. The van der Waals surface area contributed by atoms with Gasteiger partial charge < -0.3 is 15.0 Å². The van der Waals surface area contributed by atoms with Crippen LogP contribution in [0, 0.1) is 6.92 Å². The van der Waals surface area contributed by atoms with Crippen LogP contribution in [0.15, 0.2) is 36.7 Å². The highest BCUT2D eigenvalue weighted by atomic mass is 32.1. The first-order chi connectivity index (χ1) is 15.0. The van der Waals surface area contributed by atoms with Gasteiger partial charge in [-0.1, -0.05) is 30.3 Å². The van der Waals surface area contributed by atoms with Gasteiger partial charge in [0.1, 0.15) is 17.0 Å². The molecule has 0 saturated heterocycles. The van der Waals surface area contributed by atoms with Crippen LogP contribution in [0.4, 0.5) is 5.82 Å². The van der Waals surface area contributed by atoms with Crippen LogP contribution in [0.5, 0.6) is 0 Å². The average molecular weight is 441 g/mol. The van der Waals surface area contributed by atoms with Crippen molar-refractivity contribution in [3.63, 3.8) is 0 Å². The molecular weight excluding hydrogens is 412 g/mol. The fraction of sp³-hybridized carbons (Fsp3) is 0.391. The molecule has 1 N–H and O–H groups in total. The zero-order valence-electron chi connectivity index (χ0n) is 18.2. The van der Waals surface area contributed by atoms with E-state index in [9.17, 15) is 9.59 Å². The van der Waals surface area contributed by atoms with Crippen molar-refractivity contribution in [1.82, 2.24) is 14.9 Å². The van der Waals surface area contributed by atoms with E-state index in [0.717, 1.165) is 27.2 Å². The second-order valence-electron chi connectivity index (χ2n) is 7.01. The molecule has 1 amide bonds. The number of hydrogen-bond acceptors (Lipinski definition) is 7. The topological polar surface area (TPSA) is 84.4 Å². The number of aromatic nitrogens is 2. The third kappa shape index (κ3) is 5.58. The third-order valence-corrected chi connectivity index (χ3v) is 6.00. The number of carbonyl (C=O) groups excluding carboxylic acids is 2. The van der Waals surface area contributed by atoms with E-state index in [1.807, 2.05) is 25.1 Å². The first-order valence-electron chi connectivity index (χ1n) is 10.5. The van der Waals surface area contributed by atoms with Crippen LogP contribution in [0.3, 0.4) is 0 Å². The molecule has 0 radical (unpaired) electrons. The van der Waals surface area contributed by atoms with Gasteiger partial charge in [-0.05, 0) is 26.3 Å². The van der Waals surface area contributed by atoms with Crippen molar-refractivity contribution in [2.45, 2.75) is 33.6 Å². The van der Waals surface area contributed by atoms with Crippen LogP contribution in [-0.2, 0) is 14.3 Å². The number of anilines is 1. The van der Waals surface area contributed by atoms with Crippen molar-refractivity contribution in [2.24, 2.45) is 0 Å². The summed E-state index contributed by atoms with van der Waals surface area (Å²) in [5.41, 5.74) is 2.25. The number of benzene rings is 1. The largest absolute Gasteiger partial charge is 0.466 e.